The van der Waals surface area contributed by atoms with Crippen LogP contribution < -0.4 is 15.5 Å². The van der Waals surface area contributed by atoms with Crippen LogP contribution in [-0.2, 0) is 20.7 Å². The number of carbonyl (C=O) groups excluding carboxylic acids is 2. The molecule has 39 heavy (non-hydrogen) atoms. The van der Waals surface area contributed by atoms with Gasteiger partial charge in [0.15, 0.2) is 0 Å². The van der Waals surface area contributed by atoms with Crippen molar-refractivity contribution in [1.29, 1.82) is 0 Å². The minimum absolute atomic E-state index is 0.0237. The highest BCUT2D eigenvalue weighted by Crippen LogP contribution is 2.53. The van der Waals surface area contributed by atoms with Gasteiger partial charge in [-0.05, 0) is 99.7 Å². The summed E-state index contributed by atoms with van der Waals surface area (Å²) in [6.07, 6.45) is 7.31. The summed E-state index contributed by atoms with van der Waals surface area (Å²) in [5.41, 5.74) is 5.62. The highest BCUT2D eigenvalue weighted by Gasteiger charge is 2.50. The lowest BCUT2D eigenvalue weighted by Crippen LogP contribution is -2.54. The van der Waals surface area contributed by atoms with E-state index in [9.17, 15) is 9.59 Å². The molecule has 0 bridgehead atoms. The predicted molar refractivity (Wildman–Crippen MR) is 154 cm³/mol. The highest BCUT2D eigenvalue weighted by atomic mass is 16.5. The SMILES string of the molecule is COC1CCN(c2cccc3c2CCN(C(=O)C2CC4(CCNCC4)C2)C3C(=O)Nc2ccc(C)cc2)CC1. The molecule has 7 heteroatoms. The van der Waals surface area contributed by atoms with Crippen LogP contribution in [0.3, 0.4) is 0 Å². The molecule has 2 aromatic rings. The number of nitrogens with zero attached hydrogens (tertiary/aromatic N) is 2. The molecular weight excluding hydrogens is 488 g/mol. The lowest BCUT2D eigenvalue weighted by atomic mass is 9.57. The Balaban J connectivity index is 1.28. The monoisotopic (exact) mass is 530 g/mol. The fourth-order valence-corrected chi connectivity index (χ4v) is 7.41. The Morgan fingerprint density at radius 1 is 1.00 bits per heavy atom. The van der Waals surface area contributed by atoms with Gasteiger partial charge in [-0.25, -0.2) is 0 Å². The van der Waals surface area contributed by atoms with Gasteiger partial charge in [0.1, 0.15) is 6.04 Å². The summed E-state index contributed by atoms with van der Waals surface area (Å²) in [6.45, 7) is 6.59. The Morgan fingerprint density at radius 2 is 1.72 bits per heavy atom. The third-order valence-corrected chi connectivity index (χ3v) is 9.74. The van der Waals surface area contributed by atoms with Crippen LogP contribution in [0.25, 0.3) is 0 Å². The minimum Gasteiger partial charge on any atom is -0.381 e. The zero-order chi connectivity index (χ0) is 27.0. The van der Waals surface area contributed by atoms with E-state index in [4.69, 9.17) is 4.74 Å². The van der Waals surface area contributed by atoms with Crippen molar-refractivity contribution in [1.82, 2.24) is 10.2 Å². The summed E-state index contributed by atoms with van der Waals surface area (Å²) in [6, 6.07) is 13.6. The molecule has 1 spiro atoms. The van der Waals surface area contributed by atoms with Crippen LogP contribution in [0.1, 0.15) is 61.3 Å². The molecule has 1 unspecified atom stereocenters. The number of anilines is 2. The molecular formula is C32H42N4O3. The van der Waals surface area contributed by atoms with Gasteiger partial charge in [0.25, 0.3) is 5.91 Å². The first-order valence-corrected chi connectivity index (χ1v) is 14.7. The largest absolute Gasteiger partial charge is 0.381 e. The molecule has 3 fully saturated rings. The van der Waals surface area contributed by atoms with E-state index in [0.717, 1.165) is 87.9 Å². The fourth-order valence-electron chi connectivity index (χ4n) is 7.41. The first-order valence-electron chi connectivity index (χ1n) is 14.7. The molecule has 1 atom stereocenters. The molecule has 1 saturated carbocycles. The van der Waals surface area contributed by atoms with Crippen molar-refractivity contribution in [3.63, 3.8) is 0 Å². The van der Waals surface area contributed by atoms with E-state index in [1.54, 1.807) is 7.11 Å². The molecule has 7 nitrogen and oxygen atoms in total. The van der Waals surface area contributed by atoms with E-state index in [1.165, 1.54) is 11.3 Å². The van der Waals surface area contributed by atoms with Gasteiger partial charge >= 0.3 is 0 Å². The summed E-state index contributed by atoms with van der Waals surface area (Å²) >= 11 is 0. The van der Waals surface area contributed by atoms with Crippen molar-refractivity contribution in [2.75, 3.05) is 50.1 Å². The molecule has 0 aromatic heterocycles. The average molecular weight is 531 g/mol. The summed E-state index contributed by atoms with van der Waals surface area (Å²) in [5.74, 6) is 0.0510. The number of benzene rings is 2. The van der Waals surface area contributed by atoms with Crippen LogP contribution in [0, 0.1) is 18.3 Å². The molecule has 3 aliphatic heterocycles. The Labute approximate surface area is 232 Å². The molecule has 2 aromatic carbocycles. The zero-order valence-electron chi connectivity index (χ0n) is 23.4. The number of methoxy groups -OCH3 is 1. The van der Waals surface area contributed by atoms with Crippen molar-refractivity contribution in [3.05, 3.63) is 59.2 Å². The normalized spacial score (nSPS) is 23.3. The maximum atomic E-state index is 14.0. The van der Waals surface area contributed by atoms with Crippen LogP contribution in [-0.4, -0.2) is 62.7 Å². The topological polar surface area (TPSA) is 73.9 Å². The molecule has 0 radical (unpaired) electrons. The predicted octanol–water partition coefficient (Wildman–Crippen LogP) is 4.45. The lowest BCUT2D eigenvalue weighted by molar-refractivity contribution is -0.150. The van der Waals surface area contributed by atoms with Crippen LogP contribution in [0.5, 0.6) is 0 Å². The number of aryl methyl sites for hydroxylation is 1. The lowest BCUT2D eigenvalue weighted by Gasteiger charge is -2.51. The highest BCUT2D eigenvalue weighted by molar-refractivity contribution is 5.99. The summed E-state index contributed by atoms with van der Waals surface area (Å²) < 4.78 is 5.59. The van der Waals surface area contributed by atoms with Crippen LogP contribution in [0.2, 0.25) is 0 Å². The number of amides is 2. The van der Waals surface area contributed by atoms with Gasteiger partial charge in [-0.1, -0.05) is 29.8 Å². The molecule has 6 rings (SSSR count). The van der Waals surface area contributed by atoms with Crippen molar-refractivity contribution < 1.29 is 14.3 Å². The van der Waals surface area contributed by atoms with Crippen molar-refractivity contribution in [2.24, 2.45) is 11.3 Å². The van der Waals surface area contributed by atoms with Gasteiger partial charge in [-0.15, -0.1) is 0 Å². The first kappa shape index (κ1) is 26.3. The van der Waals surface area contributed by atoms with E-state index < -0.39 is 6.04 Å². The van der Waals surface area contributed by atoms with Crippen LogP contribution in [0.15, 0.2) is 42.5 Å². The number of nitrogens with one attached hydrogen (secondary N) is 2. The van der Waals surface area contributed by atoms with Crippen LogP contribution >= 0.6 is 0 Å². The number of carbonyl (C=O) groups is 2. The van der Waals surface area contributed by atoms with Gasteiger partial charge < -0.3 is 25.2 Å². The summed E-state index contributed by atoms with van der Waals surface area (Å²) in [7, 11) is 1.79. The van der Waals surface area contributed by atoms with E-state index in [-0.39, 0.29) is 17.7 Å². The average Bonchev–Trinajstić information content (AvgIpc) is 2.96. The van der Waals surface area contributed by atoms with E-state index >= 15 is 0 Å². The zero-order valence-corrected chi connectivity index (χ0v) is 23.4. The maximum absolute atomic E-state index is 14.0. The second-order valence-corrected chi connectivity index (χ2v) is 12.2. The van der Waals surface area contributed by atoms with Gasteiger partial charge in [0, 0.05) is 44.0 Å². The third kappa shape index (κ3) is 5.19. The van der Waals surface area contributed by atoms with Gasteiger partial charge in [-0.2, -0.15) is 0 Å². The van der Waals surface area contributed by atoms with E-state index in [1.807, 2.05) is 36.1 Å². The van der Waals surface area contributed by atoms with E-state index in [0.29, 0.717) is 18.1 Å². The van der Waals surface area contributed by atoms with Gasteiger partial charge in [-0.3, -0.25) is 9.59 Å². The van der Waals surface area contributed by atoms with Gasteiger partial charge in [0.2, 0.25) is 5.91 Å². The Bertz CT molecular complexity index is 1190. The molecule has 1 aliphatic carbocycles. The molecule has 2 saturated heterocycles. The Hall–Kier alpha value is -2.90. The maximum Gasteiger partial charge on any atom is 0.251 e. The summed E-state index contributed by atoms with van der Waals surface area (Å²) in [5, 5.41) is 6.59. The van der Waals surface area contributed by atoms with E-state index in [2.05, 4.69) is 33.7 Å². The Kier molecular flexibility index (Phi) is 7.38. The molecule has 208 valence electrons. The summed E-state index contributed by atoms with van der Waals surface area (Å²) in [4.78, 5) is 32.3. The number of fused-ring (bicyclic) bond motifs is 1. The van der Waals surface area contributed by atoms with Gasteiger partial charge in [0.05, 0.1) is 6.10 Å². The number of hydrogen-bond donors (Lipinski definition) is 2. The number of ether oxygens (including phenoxy) is 1. The molecule has 2 amide bonds. The second kappa shape index (κ2) is 10.9. The van der Waals surface area contributed by atoms with Crippen LogP contribution in [0.4, 0.5) is 11.4 Å². The quantitative estimate of drug-likeness (QED) is 0.598. The standard InChI is InChI=1S/C32H42N4O3/c1-22-6-8-24(9-7-22)34-30(37)29-27-4-3-5-28(35-17-10-25(39-2)11-18-35)26(27)12-19-36(29)31(38)23-20-32(21-23)13-15-33-16-14-32/h3-9,23,25,29,33H,10-21H2,1-2H3,(H,34,37). The molecule has 4 aliphatic rings. The van der Waals surface area contributed by atoms with Crippen molar-refractivity contribution in [2.45, 2.75) is 64.0 Å². The fraction of sp³-hybridized carbons (Fsp3) is 0.562. The second-order valence-electron chi connectivity index (χ2n) is 12.2. The third-order valence-electron chi connectivity index (χ3n) is 9.74. The number of hydrogen-bond acceptors (Lipinski definition) is 5. The number of rotatable bonds is 5. The number of piperidine rings is 2. The minimum atomic E-state index is -0.622. The smallest absolute Gasteiger partial charge is 0.251 e. The first-order chi connectivity index (χ1) is 19.0. The molecule has 3 heterocycles. The van der Waals surface area contributed by atoms with Crippen molar-refractivity contribution >= 4 is 23.2 Å². The molecule has 2 N–H and O–H groups in total. The van der Waals surface area contributed by atoms with Crippen molar-refractivity contribution in [3.8, 4) is 0 Å². The Morgan fingerprint density at radius 3 is 2.41 bits per heavy atom.